The maximum absolute atomic E-state index is 11.2. The van der Waals surface area contributed by atoms with Gasteiger partial charge in [-0.25, -0.2) is 4.79 Å². The van der Waals surface area contributed by atoms with E-state index in [1.807, 2.05) is 0 Å². The first-order valence-electron chi connectivity index (χ1n) is 3.76. The van der Waals surface area contributed by atoms with Crippen molar-refractivity contribution in [1.82, 2.24) is 5.32 Å². The monoisotopic (exact) mass is 233 g/mol. The maximum atomic E-state index is 11.2. The van der Waals surface area contributed by atoms with Crippen molar-refractivity contribution in [2.45, 2.75) is 0 Å². The molecule has 0 aliphatic rings. The van der Waals surface area contributed by atoms with Crippen LogP contribution in [0.4, 0.5) is 0 Å². The van der Waals surface area contributed by atoms with E-state index in [4.69, 9.17) is 16.3 Å². The van der Waals surface area contributed by atoms with E-state index in [9.17, 15) is 9.59 Å². The van der Waals surface area contributed by atoms with E-state index in [2.05, 4.69) is 5.32 Å². The third-order valence-electron chi connectivity index (χ3n) is 1.39. The zero-order valence-electron chi connectivity index (χ0n) is 7.37. The smallest absolute Gasteiger partial charge is 0.348 e. The first-order valence-corrected chi connectivity index (χ1v) is 4.96. The third-order valence-corrected chi connectivity index (χ3v) is 2.60. The quantitative estimate of drug-likeness (QED) is 0.801. The highest BCUT2D eigenvalue weighted by molar-refractivity contribution is 7.17. The van der Waals surface area contributed by atoms with Crippen molar-refractivity contribution in [2.24, 2.45) is 0 Å². The fraction of sp³-hybridized carbons (Fsp3) is 0.250. The van der Waals surface area contributed by atoms with Gasteiger partial charge in [-0.15, -0.1) is 11.3 Å². The zero-order valence-corrected chi connectivity index (χ0v) is 8.95. The molecule has 0 aliphatic carbocycles. The topological polar surface area (TPSA) is 55.4 Å². The van der Waals surface area contributed by atoms with Crippen LogP contribution in [0.3, 0.4) is 0 Å². The minimum atomic E-state index is -0.537. The molecule has 1 rings (SSSR count). The summed E-state index contributed by atoms with van der Waals surface area (Å²) in [5, 5.41) is 2.34. The van der Waals surface area contributed by atoms with Gasteiger partial charge in [-0.2, -0.15) is 0 Å². The van der Waals surface area contributed by atoms with Crippen molar-refractivity contribution in [1.29, 1.82) is 0 Å². The Hall–Kier alpha value is -1.07. The largest absolute Gasteiger partial charge is 0.451 e. The lowest BCUT2D eigenvalue weighted by Gasteiger charge is -2.00. The molecule has 14 heavy (non-hydrogen) atoms. The van der Waals surface area contributed by atoms with Crippen LogP contribution < -0.4 is 5.32 Å². The van der Waals surface area contributed by atoms with Crippen LogP contribution in [-0.4, -0.2) is 25.5 Å². The van der Waals surface area contributed by atoms with Crippen LogP contribution in [-0.2, 0) is 9.53 Å². The highest BCUT2D eigenvalue weighted by Gasteiger charge is 2.11. The lowest BCUT2D eigenvalue weighted by Crippen LogP contribution is -2.24. The predicted octanol–water partition coefficient (Wildman–Crippen LogP) is 1.30. The van der Waals surface area contributed by atoms with Crippen LogP contribution in [0.5, 0.6) is 0 Å². The van der Waals surface area contributed by atoms with Gasteiger partial charge in [0, 0.05) is 7.05 Å². The molecule has 1 amide bonds. The molecular formula is C8H8ClNO3S. The number of esters is 1. The van der Waals surface area contributed by atoms with E-state index in [0.29, 0.717) is 9.21 Å². The summed E-state index contributed by atoms with van der Waals surface area (Å²) in [5.41, 5.74) is 0. The second-order valence-electron chi connectivity index (χ2n) is 2.35. The SMILES string of the molecule is CNC(=O)COC(=O)c1ccc(Cl)s1. The first-order chi connectivity index (χ1) is 6.63. The number of nitrogens with one attached hydrogen (secondary N) is 1. The molecule has 1 aromatic rings. The van der Waals surface area contributed by atoms with E-state index >= 15 is 0 Å². The van der Waals surface area contributed by atoms with Crippen LogP contribution in [0.1, 0.15) is 9.67 Å². The molecule has 0 radical (unpaired) electrons. The number of halogens is 1. The fourth-order valence-corrected chi connectivity index (χ4v) is 1.64. The van der Waals surface area contributed by atoms with Gasteiger partial charge in [0.05, 0.1) is 4.34 Å². The molecule has 4 nitrogen and oxygen atoms in total. The Balaban J connectivity index is 2.47. The first kappa shape index (κ1) is 11.0. The Morgan fingerprint density at radius 2 is 2.29 bits per heavy atom. The Bertz CT molecular complexity index is 350. The number of amides is 1. The van der Waals surface area contributed by atoms with E-state index in [0.717, 1.165) is 11.3 Å². The third kappa shape index (κ3) is 3.01. The van der Waals surface area contributed by atoms with E-state index < -0.39 is 5.97 Å². The average Bonchev–Trinajstić information content (AvgIpc) is 2.60. The summed E-state index contributed by atoms with van der Waals surface area (Å²) in [6.45, 7) is -0.273. The maximum Gasteiger partial charge on any atom is 0.348 e. The molecule has 0 fully saturated rings. The second kappa shape index (κ2) is 4.97. The van der Waals surface area contributed by atoms with Crippen LogP contribution in [0.25, 0.3) is 0 Å². The fourth-order valence-electron chi connectivity index (χ4n) is 0.698. The molecule has 0 aliphatic heterocycles. The van der Waals surface area contributed by atoms with Crippen LogP contribution in [0, 0.1) is 0 Å². The van der Waals surface area contributed by atoms with Gasteiger partial charge in [-0.05, 0) is 12.1 Å². The van der Waals surface area contributed by atoms with Gasteiger partial charge in [0.1, 0.15) is 4.88 Å². The Labute approximate surface area is 89.8 Å². The summed E-state index contributed by atoms with van der Waals surface area (Å²) in [6.07, 6.45) is 0. The molecule has 0 saturated heterocycles. The summed E-state index contributed by atoms with van der Waals surface area (Å²) in [7, 11) is 1.47. The number of thiophene rings is 1. The van der Waals surface area contributed by atoms with Crippen molar-refractivity contribution in [3.05, 3.63) is 21.3 Å². The lowest BCUT2D eigenvalue weighted by molar-refractivity contribution is -0.123. The molecule has 1 heterocycles. The van der Waals surface area contributed by atoms with Gasteiger partial charge < -0.3 is 10.1 Å². The Morgan fingerprint density at radius 3 is 2.79 bits per heavy atom. The van der Waals surface area contributed by atoms with Gasteiger partial charge in [-0.3, -0.25) is 4.79 Å². The summed E-state index contributed by atoms with van der Waals surface area (Å²) in [4.78, 5) is 22.4. The summed E-state index contributed by atoms with van der Waals surface area (Å²) in [5.74, 6) is -0.883. The summed E-state index contributed by atoms with van der Waals surface area (Å²) >= 11 is 6.74. The van der Waals surface area contributed by atoms with Crippen molar-refractivity contribution >= 4 is 34.8 Å². The minimum absolute atomic E-state index is 0.273. The van der Waals surface area contributed by atoms with Crippen LogP contribution in [0.2, 0.25) is 4.34 Å². The molecule has 6 heteroatoms. The van der Waals surface area contributed by atoms with Gasteiger partial charge in [-0.1, -0.05) is 11.6 Å². The van der Waals surface area contributed by atoms with Crippen LogP contribution >= 0.6 is 22.9 Å². The number of likely N-dealkylation sites (N-methyl/N-ethyl adjacent to an activating group) is 1. The summed E-state index contributed by atoms with van der Waals surface area (Å²) in [6, 6.07) is 3.15. The highest BCUT2D eigenvalue weighted by Crippen LogP contribution is 2.21. The molecule has 0 spiro atoms. The number of ether oxygens (including phenoxy) is 1. The van der Waals surface area contributed by atoms with Gasteiger partial charge in [0.25, 0.3) is 5.91 Å². The van der Waals surface area contributed by atoms with E-state index in [1.54, 1.807) is 12.1 Å². The van der Waals surface area contributed by atoms with Crippen molar-refractivity contribution in [3.63, 3.8) is 0 Å². The molecule has 1 aromatic heterocycles. The molecule has 1 N–H and O–H groups in total. The molecule has 0 unspecified atom stereocenters. The highest BCUT2D eigenvalue weighted by atomic mass is 35.5. The number of rotatable bonds is 3. The zero-order chi connectivity index (χ0) is 10.6. The average molecular weight is 234 g/mol. The van der Waals surface area contributed by atoms with E-state index in [1.165, 1.54) is 7.05 Å². The number of hydrogen-bond donors (Lipinski definition) is 1. The Morgan fingerprint density at radius 1 is 1.57 bits per heavy atom. The van der Waals surface area contributed by atoms with Crippen LogP contribution in [0.15, 0.2) is 12.1 Å². The van der Waals surface area contributed by atoms with Gasteiger partial charge >= 0.3 is 5.97 Å². The number of carbonyl (C=O) groups excluding carboxylic acids is 2. The van der Waals surface area contributed by atoms with Gasteiger partial charge in [0.2, 0.25) is 0 Å². The van der Waals surface area contributed by atoms with E-state index in [-0.39, 0.29) is 12.5 Å². The molecular weight excluding hydrogens is 226 g/mol. The minimum Gasteiger partial charge on any atom is -0.451 e. The molecule has 0 bridgehead atoms. The lowest BCUT2D eigenvalue weighted by atomic mass is 10.5. The number of hydrogen-bond acceptors (Lipinski definition) is 4. The summed E-state index contributed by atoms with van der Waals surface area (Å²) < 4.78 is 5.21. The van der Waals surface area contributed by atoms with Crippen molar-refractivity contribution < 1.29 is 14.3 Å². The molecule has 0 aromatic carbocycles. The predicted molar refractivity (Wildman–Crippen MR) is 53.7 cm³/mol. The standard InChI is InChI=1S/C8H8ClNO3S/c1-10-7(11)4-13-8(12)5-2-3-6(9)14-5/h2-3H,4H2,1H3,(H,10,11). The number of carbonyl (C=O) groups is 2. The second-order valence-corrected chi connectivity index (χ2v) is 4.07. The molecule has 76 valence electrons. The van der Waals surface area contributed by atoms with Crippen molar-refractivity contribution in [3.8, 4) is 0 Å². The normalized spacial score (nSPS) is 9.57. The van der Waals surface area contributed by atoms with Gasteiger partial charge in [0.15, 0.2) is 6.61 Å². The molecule has 0 saturated carbocycles. The van der Waals surface area contributed by atoms with Crippen molar-refractivity contribution in [2.75, 3.05) is 13.7 Å². The molecule has 0 atom stereocenters. The Kier molecular flexibility index (Phi) is 3.91.